The molecule has 0 bridgehead atoms. The smallest absolute Gasteiger partial charge is 0.410 e. The Morgan fingerprint density at radius 2 is 1.06 bits per heavy atom. The van der Waals surface area contributed by atoms with Gasteiger partial charge in [-0.05, 0) is 76.8 Å². The van der Waals surface area contributed by atoms with Gasteiger partial charge in [-0.3, -0.25) is 23.4 Å². The molecule has 0 aliphatic carbocycles. The largest absolute Gasteiger partial charge is 0.432 e. The van der Waals surface area contributed by atoms with Crippen LogP contribution in [-0.4, -0.2) is 108 Å². The average molecular weight is 914 g/mol. The summed E-state index contributed by atoms with van der Waals surface area (Å²) in [6.45, 7) is 19.2. The Hall–Kier alpha value is -5.86. The Bertz CT molecular complexity index is 2500. The lowest BCUT2D eigenvalue weighted by Gasteiger charge is -2.42. The molecule has 1 aromatic heterocycles. The first kappa shape index (κ1) is 51.1. The van der Waals surface area contributed by atoms with Crippen LogP contribution in [0.15, 0.2) is 65.7 Å². The van der Waals surface area contributed by atoms with Crippen LogP contribution in [0.3, 0.4) is 0 Å². The van der Waals surface area contributed by atoms with Crippen LogP contribution in [-0.2, 0) is 25.5 Å². The SMILES string of the molecule is CN(C)C(=O)O[C@@](C)(C(=O)N[C@H](C1=Nc2ccc(-c3ccc(-c4ccc5nc([C@@H](NC(=O)[C@](C)(OC(=O)N(C)C)C(C)(C)CF)C(C)(C)C)[nH]c5c4)cc3)cc2C1)C(C)(C)C)C(C)(C)CF. The highest BCUT2D eigenvalue weighted by Crippen LogP contribution is 2.41. The van der Waals surface area contributed by atoms with Crippen molar-refractivity contribution in [3.8, 4) is 22.3 Å². The Kier molecular flexibility index (Phi) is 14.3. The standard InChI is InChI=1S/C51H69F2N7O6/c1-46(2,3)39(57-42(61)50(11,48(7,8)28-52)65-44(63)59(13)14)38-27-34-25-32(21-23-35(34)54-38)30-17-19-31(20-18-30)33-22-24-36-37(26-33)56-41(55-36)40(47(4,5)6)58-43(62)51(12,49(9,10)29-53)66-45(64)60(15)16/h17-26,39-40H,27-29H2,1-16H3,(H,55,56)(H,57,61)(H,58,62)/t39-,40-,50+,51+/m1/s1. The molecule has 3 aromatic carbocycles. The molecule has 1 aliphatic heterocycles. The fraction of sp³-hybridized carbons (Fsp3) is 0.529. The van der Waals surface area contributed by atoms with E-state index in [1.54, 1.807) is 27.7 Å². The number of H-pyrrole nitrogens is 1. The van der Waals surface area contributed by atoms with Crippen LogP contribution < -0.4 is 10.6 Å². The van der Waals surface area contributed by atoms with Gasteiger partial charge in [0.25, 0.3) is 11.8 Å². The lowest BCUT2D eigenvalue weighted by atomic mass is 9.75. The van der Waals surface area contributed by atoms with Crippen molar-refractivity contribution in [2.24, 2.45) is 26.7 Å². The van der Waals surface area contributed by atoms with Crippen molar-refractivity contribution >= 4 is 46.4 Å². The number of rotatable bonds is 14. The van der Waals surface area contributed by atoms with E-state index in [0.29, 0.717) is 17.8 Å². The number of benzene rings is 3. The van der Waals surface area contributed by atoms with Crippen LogP contribution >= 0.6 is 0 Å². The first-order chi connectivity index (χ1) is 30.4. The van der Waals surface area contributed by atoms with Gasteiger partial charge < -0.3 is 34.9 Å². The van der Waals surface area contributed by atoms with E-state index in [1.807, 2.05) is 84.0 Å². The monoisotopic (exact) mass is 914 g/mol. The maximum Gasteiger partial charge on any atom is 0.410 e. The summed E-state index contributed by atoms with van der Waals surface area (Å²) in [6, 6.07) is 19.0. The zero-order valence-corrected chi connectivity index (χ0v) is 41.5. The average Bonchev–Trinajstić information content (AvgIpc) is 3.86. The number of aromatic amines is 1. The highest BCUT2D eigenvalue weighted by atomic mass is 19.1. The van der Waals surface area contributed by atoms with Gasteiger partial charge in [0.15, 0.2) is 11.2 Å². The fourth-order valence-corrected chi connectivity index (χ4v) is 7.58. The van der Waals surface area contributed by atoms with Gasteiger partial charge >= 0.3 is 12.2 Å². The molecule has 5 rings (SSSR count). The lowest BCUT2D eigenvalue weighted by molar-refractivity contribution is -0.155. The second kappa shape index (κ2) is 18.4. The molecule has 2 heterocycles. The minimum atomic E-state index is -1.84. The van der Waals surface area contributed by atoms with Crippen molar-refractivity contribution < 1.29 is 37.4 Å². The minimum Gasteiger partial charge on any atom is -0.432 e. The van der Waals surface area contributed by atoms with Gasteiger partial charge in [-0.1, -0.05) is 106 Å². The molecule has 0 radical (unpaired) electrons. The Labute approximate surface area is 388 Å². The normalized spacial score (nSPS) is 15.9. The zero-order chi connectivity index (χ0) is 49.5. The number of halogens is 2. The number of aromatic nitrogens is 2. The van der Waals surface area contributed by atoms with Crippen molar-refractivity contribution in [2.75, 3.05) is 41.5 Å². The molecule has 66 heavy (non-hydrogen) atoms. The third kappa shape index (κ3) is 10.2. The predicted octanol–water partition coefficient (Wildman–Crippen LogP) is 10.2. The first-order valence-corrected chi connectivity index (χ1v) is 22.2. The number of carbonyl (C=O) groups excluding carboxylic acids is 4. The molecule has 0 spiro atoms. The van der Waals surface area contributed by atoms with E-state index in [1.165, 1.54) is 51.8 Å². The summed E-state index contributed by atoms with van der Waals surface area (Å²) in [5.74, 6) is -0.739. The van der Waals surface area contributed by atoms with Gasteiger partial charge in [-0.2, -0.15) is 0 Å². The number of nitrogens with one attached hydrogen (secondary N) is 3. The number of hydrogen-bond acceptors (Lipinski definition) is 8. The van der Waals surface area contributed by atoms with E-state index in [4.69, 9.17) is 19.5 Å². The lowest BCUT2D eigenvalue weighted by Crippen LogP contribution is -2.62. The summed E-state index contributed by atoms with van der Waals surface area (Å²) in [5, 5.41) is 6.14. The summed E-state index contributed by atoms with van der Waals surface area (Å²) < 4.78 is 40.2. The van der Waals surface area contributed by atoms with Crippen molar-refractivity contribution in [3.05, 3.63) is 72.1 Å². The summed E-state index contributed by atoms with van der Waals surface area (Å²) in [5.41, 5.74) is 0.525. The predicted molar refractivity (Wildman–Crippen MR) is 256 cm³/mol. The van der Waals surface area contributed by atoms with Crippen LogP contribution in [0.25, 0.3) is 33.3 Å². The van der Waals surface area contributed by atoms with Crippen molar-refractivity contribution in [3.63, 3.8) is 0 Å². The molecular formula is C51H69F2N7O6. The van der Waals surface area contributed by atoms with Crippen molar-refractivity contribution in [2.45, 2.75) is 113 Å². The molecule has 15 heteroatoms. The van der Waals surface area contributed by atoms with Gasteiger partial charge in [-0.25, -0.2) is 14.6 Å². The van der Waals surface area contributed by atoms with Crippen molar-refractivity contribution in [1.29, 1.82) is 0 Å². The maximum atomic E-state index is 14.4. The molecule has 0 fully saturated rings. The number of nitrogens with zero attached hydrogens (tertiary/aromatic N) is 4. The van der Waals surface area contributed by atoms with E-state index in [2.05, 4.69) is 33.8 Å². The van der Waals surface area contributed by atoms with E-state index in [9.17, 15) is 28.0 Å². The summed E-state index contributed by atoms with van der Waals surface area (Å²) >= 11 is 0. The van der Waals surface area contributed by atoms with Crippen LogP contribution in [0, 0.1) is 21.7 Å². The highest BCUT2D eigenvalue weighted by Gasteiger charge is 2.54. The van der Waals surface area contributed by atoms with E-state index in [-0.39, 0.29) is 0 Å². The maximum absolute atomic E-state index is 14.4. The minimum absolute atomic E-state index is 0.481. The molecule has 358 valence electrons. The van der Waals surface area contributed by atoms with Crippen molar-refractivity contribution in [1.82, 2.24) is 30.4 Å². The van der Waals surface area contributed by atoms with E-state index < -0.39 is 82.3 Å². The number of ether oxygens (including phenoxy) is 2. The van der Waals surface area contributed by atoms with E-state index in [0.717, 1.165) is 44.7 Å². The third-order valence-corrected chi connectivity index (χ3v) is 13.1. The number of alkyl halides is 2. The molecule has 4 aromatic rings. The van der Waals surface area contributed by atoms with Gasteiger partial charge in [0.05, 0.1) is 42.2 Å². The van der Waals surface area contributed by atoms with E-state index >= 15 is 0 Å². The molecule has 0 unspecified atom stereocenters. The topological polar surface area (TPSA) is 158 Å². The second-order valence-corrected chi connectivity index (χ2v) is 21.7. The number of carbonyl (C=O) groups is 4. The molecule has 1 aliphatic rings. The quantitative estimate of drug-likeness (QED) is 0.114. The summed E-state index contributed by atoms with van der Waals surface area (Å²) in [6.07, 6.45) is -1.03. The third-order valence-electron chi connectivity index (χ3n) is 13.1. The van der Waals surface area contributed by atoms with Gasteiger partial charge in [-0.15, -0.1) is 0 Å². The van der Waals surface area contributed by atoms with Gasteiger partial charge in [0, 0.05) is 51.2 Å². The van der Waals surface area contributed by atoms with Gasteiger partial charge in [0.1, 0.15) is 5.82 Å². The molecule has 4 amide bonds. The summed E-state index contributed by atoms with van der Waals surface area (Å²) in [7, 11) is 6.01. The van der Waals surface area contributed by atoms with Crippen LogP contribution in [0.5, 0.6) is 0 Å². The zero-order valence-electron chi connectivity index (χ0n) is 41.5. The summed E-state index contributed by atoms with van der Waals surface area (Å²) in [4.78, 5) is 69.2. The Morgan fingerprint density at radius 1 is 0.636 bits per heavy atom. The van der Waals surface area contributed by atoms with Crippen LogP contribution in [0.4, 0.5) is 24.1 Å². The Balaban J connectivity index is 1.36. The second-order valence-electron chi connectivity index (χ2n) is 21.7. The number of hydrogen-bond donors (Lipinski definition) is 3. The molecular weight excluding hydrogens is 845 g/mol. The van der Waals surface area contributed by atoms with Crippen LogP contribution in [0.2, 0.25) is 0 Å². The number of aliphatic imine (C=N–C) groups is 1. The molecule has 0 saturated carbocycles. The van der Waals surface area contributed by atoms with Gasteiger partial charge in [0.2, 0.25) is 0 Å². The number of amides is 4. The molecule has 13 nitrogen and oxygen atoms in total. The molecule has 0 saturated heterocycles. The fourth-order valence-electron chi connectivity index (χ4n) is 7.58. The Morgan fingerprint density at radius 3 is 1.50 bits per heavy atom. The van der Waals surface area contributed by atoms with Crippen LogP contribution in [0.1, 0.15) is 101 Å². The molecule has 4 atom stereocenters. The molecule has 3 N–H and O–H groups in total. The number of fused-ring (bicyclic) bond motifs is 2. The highest BCUT2D eigenvalue weighted by molar-refractivity contribution is 6.02. The first-order valence-electron chi connectivity index (χ1n) is 22.2. The number of imidazole rings is 1.